The van der Waals surface area contributed by atoms with Crippen molar-refractivity contribution in [3.05, 3.63) is 51.1 Å². The Hall–Kier alpha value is -1.66. The van der Waals surface area contributed by atoms with Crippen LogP contribution in [0.2, 0.25) is 0 Å². The second-order valence-electron chi connectivity index (χ2n) is 3.72. The van der Waals surface area contributed by atoms with Gasteiger partial charge in [-0.2, -0.15) is 0 Å². The molecule has 2 aromatic rings. The second-order valence-corrected chi connectivity index (χ2v) is 5.58. The smallest absolute Gasteiger partial charge is 0.261 e. The van der Waals surface area contributed by atoms with Crippen molar-refractivity contribution >= 4 is 44.8 Å². The van der Waals surface area contributed by atoms with Crippen LogP contribution < -0.4 is 10.6 Å². The lowest BCUT2D eigenvalue weighted by Gasteiger charge is -2.06. The monoisotopic (exact) mass is 338 g/mol. The normalized spacial score (nSPS) is 9.95. The molecule has 0 saturated heterocycles. The van der Waals surface area contributed by atoms with Crippen LogP contribution in [0.5, 0.6) is 0 Å². The third-order valence-corrected chi connectivity index (χ3v) is 3.68. The van der Waals surface area contributed by atoms with Gasteiger partial charge in [-0.15, -0.1) is 11.3 Å². The van der Waals surface area contributed by atoms with Crippen molar-refractivity contribution in [1.29, 1.82) is 0 Å². The van der Waals surface area contributed by atoms with E-state index in [1.54, 1.807) is 24.3 Å². The molecule has 0 fully saturated rings. The Morgan fingerprint density at radius 3 is 2.53 bits per heavy atom. The molecule has 19 heavy (non-hydrogen) atoms. The zero-order valence-electron chi connectivity index (χ0n) is 9.85. The summed E-state index contributed by atoms with van der Waals surface area (Å²) in [5, 5.41) is 7.08. The summed E-state index contributed by atoms with van der Waals surface area (Å²) in [5.41, 5.74) is 0.693. The fraction of sp³-hybridized carbons (Fsp3) is 0.0769. The largest absolute Gasteiger partial charge is 0.342 e. The van der Waals surface area contributed by atoms with Gasteiger partial charge in [-0.1, -0.05) is 22.0 Å². The van der Waals surface area contributed by atoms with Crippen LogP contribution in [0.3, 0.4) is 0 Å². The van der Waals surface area contributed by atoms with E-state index >= 15 is 0 Å². The van der Waals surface area contributed by atoms with Gasteiger partial charge >= 0.3 is 0 Å². The quantitative estimate of drug-likeness (QED) is 0.900. The Bertz CT molecular complexity index is 567. The maximum absolute atomic E-state index is 11.6. The van der Waals surface area contributed by atoms with Gasteiger partial charge in [0.2, 0.25) is 5.91 Å². The first-order valence-corrected chi connectivity index (χ1v) is 7.19. The first-order valence-electron chi connectivity index (χ1n) is 5.52. The minimum Gasteiger partial charge on any atom is -0.342 e. The van der Waals surface area contributed by atoms with Crippen molar-refractivity contribution in [2.24, 2.45) is 0 Å². The van der Waals surface area contributed by atoms with E-state index < -0.39 is 0 Å². The number of amides is 2. The van der Waals surface area contributed by atoms with Crippen LogP contribution >= 0.6 is 27.3 Å². The highest BCUT2D eigenvalue weighted by Crippen LogP contribution is 2.13. The Balaban J connectivity index is 1.82. The van der Waals surface area contributed by atoms with E-state index in [1.807, 2.05) is 17.5 Å². The molecule has 0 spiro atoms. The maximum atomic E-state index is 11.6. The summed E-state index contributed by atoms with van der Waals surface area (Å²) >= 11 is 4.65. The number of hydrogen-bond acceptors (Lipinski definition) is 3. The van der Waals surface area contributed by atoms with E-state index in [9.17, 15) is 9.59 Å². The first-order chi connectivity index (χ1) is 9.15. The summed E-state index contributed by atoms with van der Waals surface area (Å²) < 4.78 is 0.941. The van der Waals surface area contributed by atoms with Crippen molar-refractivity contribution in [3.63, 3.8) is 0 Å². The zero-order valence-corrected chi connectivity index (χ0v) is 12.3. The fourth-order valence-electron chi connectivity index (χ4n) is 1.39. The molecule has 0 aliphatic heterocycles. The molecule has 2 N–H and O–H groups in total. The average molecular weight is 339 g/mol. The highest BCUT2D eigenvalue weighted by molar-refractivity contribution is 9.10. The third kappa shape index (κ3) is 4.18. The van der Waals surface area contributed by atoms with E-state index in [2.05, 4.69) is 26.6 Å². The zero-order chi connectivity index (χ0) is 13.7. The third-order valence-electron chi connectivity index (χ3n) is 2.28. The topological polar surface area (TPSA) is 58.2 Å². The molecular formula is C13H11BrN2O2S. The molecule has 0 aliphatic rings. The summed E-state index contributed by atoms with van der Waals surface area (Å²) in [7, 11) is 0. The lowest BCUT2D eigenvalue weighted by Crippen LogP contribution is -2.32. The molecule has 98 valence electrons. The fourth-order valence-corrected chi connectivity index (χ4v) is 2.30. The van der Waals surface area contributed by atoms with Crippen LogP contribution in [0.4, 0.5) is 5.69 Å². The molecule has 0 atom stereocenters. The van der Waals surface area contributed by atoms with Crippen molar-refractivity contribution in [3.8, 4) is 0 Å². The highest BCUT2D eigenvalue weighted by Gasteiger charge is 2.08. The predicted octanol–water partition coefficient (Wildman–Crippen LogP) is 2.88. The lowest BCUT2D eigenvalue weighted by atomic mass is 10.3. The van der Waals surface area contributed by atoms with Gasteiger partial charge in [-0.25, -0.2) is 0 Å². The van der Waals surface area contributed by atoms with Crippen molar-refractivity contribution in [1.82, 2.24) is 5.32 Å². The molecule has 0 bridgehead atoms. The summed E-state index contributed by atoms with van der Waals surface area (Å²) in [5.74, 6) is -0.492. The van der Waals surface area contributed by atoms with Crippen LogP contribution in [0.25, 0.3) is 0 Å². The minimum atomic E-state index is -0.257. The molecule has 0 radical (unpaired) electrons. The Morgan fingerprint density at radius 1 is 1.16 bits per heavy atom. The van der Waals surface area contributed by atoms with E-state index in [4.69, 9.17) is 0 Å². The van der Waals surface area contributed by atoms with E-state index in [0.717, 1.165) is 4.47 Å². The van der Waals surface area contributed by atoms with Gasteiger partial charge in [0.25, 0.3) is 5.91 Å². The van der Waals surface area contributed by atoms with Gasteiger partial charge in [0, 0.05) is 10.2 Å². The van der Waals surface area contributed by atoms with Crippen LogP contribution in [-0.2, 0) is 4.79 Å². The molecule has 4 nitrogen and oxygen atoms in total. The van der Waals surface area contributed by atoms with Gasteiger partial charge in [0.15, 0.2) is 0 Å². The number of carbonyl (C=O) groups excluding carboxylic acids is 2. The van der Waals surface area contributed by atoms with Gasteiger partial charge in [-0.05, 0) is 35.7 Å². The standard InChI is InChI=1S/C13H11BrN2O2S/c14-9-3-5-10(6-4-9)16-12(17)8-15-13(18)11-2-1-7-19-11/h1-7H,8H2,(H,15,18)(H,16,17). The summed E-state index contributed by atoms with van der Waals surface area (Å²) in [6, 6.07) is 10.7. The van der Waals surface area contributed by atoms with Gasteiger partial charge in [-0.3, -0.25) is 9.59 Å². The molecule has 2 amide bonds. The number of hydrogen-bond donors (Lipinski definition) is 2. The number of benzene rings is 1. The summed E-state index contributed by atoms with van der Waals surface area (Å²) in [6.45, 7) is -0.0488. The molecule has 0 aliphatic carbocycles. The summed E-state index contributed by atoms with van der Waals surface area (Å²) in [6.07, 6.45) is 0. The van der Waals surface area contributed by atoms with Crippen LogP contribution in [0.15, 0.2) is 46.3 Å². The molecule has 1 heterocycles. The van der Waals surface area contributed by atoms with Crippen LogP contribution in [0, 0.1) is 0 Å². The number of halogens is 1. The molecule has 1 aromatic carbocycles. The molecule has 0 unspecified atom stereocenters. The number of carbonyl (C=O) groups is 2. The second kappa shape index (κ2) is 6.49. The van der Waals surface area contributed by atoms with Crippen LogP contribution in [0.1, 0.15) is 9.67 Å². The number of rotatable bonds is 4. The maximum Gasteiger partial charge on any atom is 0.261 e. The van der Waals surface area contributed by atoms with Gasteiger partial charge in [0.1, 0.15) is 0 Å². The van der Waals surface area contributed by atoms with E-state index in [1.165, 1.54) is 11.3 Å². The number of nitrogens with one attached hydrogen (secondary N) is 2. The predicted molar refractivity (Wildman–Crippen MR) is 79.4 cm³/mol. The number of anilines is 1. The SMILES string of the molecule is O=C(CNC(=O)c1cccs1)Nc1ccc(Br)cc1. The van der Waals surface area contributed by atoms with E-state index in [0.29, 0.717) is 10.6 Å². The Morgan fingerprint density at radius 2 is 1.89 bits per heavy atom. The van der Waals surface area contributed by atoms with Crippen molar-refractivity contribution < 1.29 is 9.59 Å². The first kappa shape index (κ1) is 13.8. The Labute approximate surface area is 123 Å². The number of thiophene rings is 1. The molecule has 2 rings (SSSR count). The molecule has 0 saturated carbocycles. The minimum absolute atomic E-state index is 0.0488. The lowest BCUT2D eigenvalue weighted by molar-refractivity contribution is -0.115. The van der Waals surface area contributed by atoms with Crippen molar-refractivity contribution in [2.75, 3.05) is 11.9 Å². The summed E-state index contributed by atoms with van der Waals surface area (Å²) in [4.78, 5) is 23.9. The molecule has 6 heteroatoms. The molecule has 1 aromatic heterocycles. The van der Waals surface area contributed by atoms with E-state index in [-0.39, 0.29) is 18.4 Å². The Kier molecular flexibility index (Phi) is 4.70. The van der Waals surface area contributed by atoms with Crippen molar-refractivity contribution in [2.45, 2.75) is 0 Å². The average Bonchev–Trinajstić information content (AvgIpc) is 2.93. The van der Waals surface area contributed by atoms with Gasteiger partial charge in [0.05, 0.1) is 11.4 Å². The van der Waals surface area contributed by atoms with Gasteiger partial charge < -0.3 is 10.6 Å². The van der Waals surface area contributed by atoms with Crippen LogP contribution in [-0.4, -0.2) is 18.4 Å². The highest BCUT2D eigenvalue weighted by atomic mass is 79.9. The molecular weight excluding hydrogens is 328 g/mol.